The maximum absolute atomic E-state index is 9.89. The van der Waals surface area contributed by atoms with Gasteiger partial charge in [0, 0.05) is 18.0 Å². The first-order valence-electron chi connectivity index (χ1n) is 8.07. The number of halogens is 1. The van der Waals surface area contributed by atoms with E-state index in [-0.39, 0.29) is 12.1 Å². The van der Waals surface area contributed by atoms with E-state index in [1.807, 2.05) is 36.2 Å². The first kappa shape index (κ1) is 16.2. The molecule has 1 saturated heterocycles. The lowest BCUT2D eigenvalue weighted by Gasteiger charge is -2.32. The van der Waals surface area contributed by atoms with Crippen LogP contribution in [0.2, 0.25) is 0 Å². The van der Waals surface area contributed by atoms with Crippen LogP contribution in [0.3, 0.4) is 0 Å². The Balaban J connectivity index is 1.80. The van der Waals surface area contributed by atoms with E-state index in [1.165, 1.54) is 5.56 Å². The van der Waals surface area contributed by atoms with E-state index in [1.54, 1.807) is 6.07 Å². The van der Waals surface area contributed by atoms with E-state index in [2.05, 4.69) is 51.5 Å². The summed E-state index contributed by atoms with van der Waals surface area (Å²) < 4.78 is 0.873. The molecule has 24 heavy (non-hydrogen) atoms. The predicted octanol–water partition coefficient (Wildman–Crippen LogP) is 4.37. The van der Waals surface area contributed by atoms with Crippen LogP contribution in [0, 0.1) is 3.57 Å². The number of phenols is 1. The lowest BCUT2D eigenvalue weighted by Crippen LogP contribution is -2.35. The standard InChI is InChI=1S/C18H18IN3OS/c1-2-12-10-24-18-21-16(14-5-3-4-8-20-14)17(22(12)18)11-6-7-15(23)13(19)9-11/h3-9,12,16-17,23H,2,10H2,1H3. The fourth-order valence-corrected chi connectivity index (χ4v) is 5.29. The summed E-state index contributed by atoms with van der Waals surface area (Å²) in [6.07, 6.45) is 2.94. The predicted molar refractivity (Wildman–Crippen MR) is 106 cm³/mol. The van der Waals surface area contributed by atoms with Gasteiger partial charge >= 0.3 is 0 Å². The molecule has 2 aromatic rings. The SMILES string of the molecule is CCC1CSC2=NC(c3ccccn3)C(c3ccc(O)c(I)c3)N21. The second-order valence-corrected chi connectivity index (χ2v) is 8.20. The topological polar surface area (TPSA) is 48.7 Å². The summed E-state index contributed by atoms with van der Waals surface area (Å²) in [6.45, 7) is 2.24. The van der Waals surface area contributed by atoms with Crippen molar-refractivity contribution in [3.8, 4) is 5.75 Å². The molecule has 4 nitrogen and oxygen atoms in total. The highest BCUT2D eigenvalue weighted by Crippen LogP contribution is 2.48. The molecule has 0 bridgehead atoms. The summed E-state index contributed by atoms with van der Waals surface area (Å²) in [7, 11) is 0. The summed E-state index contributed by atoms with van der Waals surface area (Å²) in [4.78, 5) is 12.0. The maximum Gasteiger partial charge on any atom is 0.160 e. The first-order valence-corrected chi connectivity index (χ1v) is 10.1. The van der Waals surface area contributed by atoms with Gasteiger partial charge in [-0.15, -0.1) is 0 Å². The van der Waals surface area contributed by atoms with Crippen LogP contribution in [0.4, 0.5) is 0 Å². The third-order valence-electron chi connectivity index (χ3n) is 4.64. The Labute approximate surface area is 159 Å². The van der Waals surface area contributed by atoms with Crippen LogP contribution in [-0.4, -0.2) is 32.0 Å². The molecular weight excluding hydrogens is 433 g/mol. The van der Waals surface area contributed by atoms with Crippen LogP contribution in [-0.2, 0) is 0 Å². The van der Waals surface area contributed by atoms with Crippen LogP contribution in [0.5, 0.6) is 5.75 Å². The molecule has 0 radical (unpaired) electrons. The smallest absolute Gasteiger partial charge is 0.160 e. The molecule has 0 spiro atoms. The highest BCUT2D eigenvalue weighted by atomic mass is 127. The number of thioether (sulfide) groups is 1. The molecule has 0 saturated carbocycles. The lowest BCUT2D eigenvalue weighted by atomic mass is 9.95. The van der Waals surface area contributed by atoms with Crippen LogP contribution >= 0.6 is 34.4 Å². The second-order valence-electron chi connectivity index (χ2n) is 6.05. The van der Waals surface area contributed by atoms with E-state index in [0.717, 1.165) is 26.6 Å². The molecule has 2 aliphatic rings. The summed E-state index contributed by atoms with van der Waals surface area (Å²) in [5.41, 5.74) is 2.19. The number of benzene rings is 1. The zero-order valence-electron chi connectivity index (χ0n) is 13.3. The fraction of sp³-hybridized carbons (Fsp3) is 0.333. The minimum absolute atomic E-state index is 0.00314. The van der Waals surface area contributed by atoms with Crippen molar-refractivity contribution >= 4 is 39.5 Å². The van der Waals surface area contributed by atoms with Gasteiger partial charge in [-0.3, -0.25) is 9.98 Å². The third-order valence-corrected chi connectivity index (χ3v) is 6.63. The second kappa shape index (κ2) is 6.55. The van der Waals surface area contributed by atoms with Gasteiger partial charge in [0.2, 0.25) is 0 Å². The highest BCUT2D eigenvalue weighted by Gasteiger charge is 2.45. The van der Waals surface area contributed by atoms with Gasteiger partial charge in [-0.2, -0.15) is 0 Å². The van der Waals surface area contributed by atoms with Crippen LogP contribution in [0.25, 0.3) is 0 Å². The molecule has 6 heteroatoms. The van der Waals surface area contributed by atoms with Crippen molar-refractivity contribution in [1.29, 1.82) is 0 Å². The number of nitrogens with zero attached hydrogens (tertiary/aromatic N) is 3. The highest BCUT2D eigenvalue weighted by molar-refractivity contribution is 14.1. The molecule has 3 heterocycles. The lowest BCUT2D eigenvalue weighted by molar-refractivity contribution is 0.255. The van der Waals surface area contributed by atoms with Gasteiger partial charge in [0.25, 0.3) is 0 Å². The van der Waals surface area contributed by atoms with E-state index in [0.29, 0.717) is 11.8 Å². The van der Waals surface area contributed by atoms with E-state index in [4.69, 9.17) is 4.99 Å². The van der Waals surface area contributed by atoms with Crippen molar-refractivity contribution < 1.29 is 5.11 Å². The number of amidine groups is 1. The largest absolute Gasteiger partial charge is 0.507 e. The maximum atomic E-state index is 9.89. The van der Waals surface area contributed by atoms with Gasteiger partial charge in [-0.25, -0.2) is 0 Å². The van der Waals surface area contributed by atoms with E-state index >= 15 is 0 Å². The Kier molecular flexibility index (Phi) is 4.42. The molecule has 4 rings (SSSR count). The van der Waals surface area contributed by atoms with Crippen molar-refractivity contribution in [1.82, 2.24) is 9.88 Å². The molecule has 1 N–H and O–H groups in total. The average Bonchev–Trinajstić information content (AvgIpc) is 3.17. The number of fused-ring (bicyclic) bond motifs is 1. The average molecular weight is 451 g/mol. The summed E-state index contributed by atoms with van der Waals surface area (Å²) in [5.74, 6) is 1.42. The number of aromatic hydroxyl groups is 1. The number of hydrogen-bond donors (Lipinski definition) is 1. The van der Waals surface area contributed by atoms with Gasteiger partial charge in [-0.1, -0.05) is 30.8 Å². The summed E-state index contributed by atoms with van der Waals surface area (Å²) in [5, 5.41) is 11.0. The van der Waals surface area contributed by atoms with Crippen LogP contribution in [0.1, 0.15) is 36.7 Å². The van der Waals surface area contributed by atoms with Crippen molar-refractivity contribution in [2.75, 3.05) is 5.75 Å². The quantitative estimate of drug-likeness (QED) is 0.705. The van der Waals surface area contributed by atoms with Crippen molar-refractivity contribution in [3.63, 3.8) is 0 Å². The van der Waals surface area contributed by atoms with E-state index < -0.39 is 0 Å². The Morgan fingerprint density at radius 1 is 1.33 bits per heavy atom. The number of aliphatic imine (C=N–C) groups is 1. The van der Waals surface area contributed by atoms with Gasteiger partial charge in [0.1, 0.15) is 11.8 Å². The molecule has 124 valence electrons. The number of aromatic nitrogens is 1. The zero-order chi connectivity index (χ0) is 16.7. The number of phenolic OH excluding ortho intramolecular Hbond substituents is 1. The Morgan fingerprint density at radius 3 is 2.92 bits per heavy atom. The Bertz CT molecular complexity index is 783. The minimum Gasteiger partial charge on any atom is -0.507 e. The van der Waals surface area contributed by atoms with Crippen molar-refractivity contribution in [3.05, 3.63) is 57.4 Å². The molecule has 1 aromatic carbocycles. The summed E-state index contributed by atoms with van der Waals surface area (Å²) >= 11 is 4.03. The number of rotatable bonds is 3. The van der Waals surface area contributed by atoms with Crippen LogP contribution in [0.15, 0.2) is 47.6 Å². The zero-order valence-corrected chi connectivity index (χ0v) is 16.2. The van der Waals surface area contributed by atoms with Gasteiger partial charge in [-0.05, 0) is 58.8 Å². The molecule has 3 unspecified atom stereocenters. The minimum atomic E-state index is 0.00314. The van der Waals surface area contributed by atoms with Crippen molar-refractivity contribution in [2.45, 2.75) is 31.5 Å². The fourth-order valence-electron chi connectivity index (χ4n) is 3.42. The normalized spacial score (nSPS) is 25.7. The number of pyridine rings is 1. The van der Waals surface area contributed by atoms with Crippen molar-refractivity contribution in [2.24, 2.45) is 4.99 Å². The van der Waals surface area contributed by atoms with Gasteiger partial charge in [0.05, 0.1) is 15.3 Å². The molecule has 2 aliphatic heterocycles. The summed E-state index contributed by atoms with van der Waals surface area (Å²) in [6, 6.07) is 12.5. The first-order chi connectivity index (χ1) is 11.7. The molecule has 0 aliphatic carbocycles. The Morgan fingerprint density at radius 2 is 2.21 bits per heavy atom. The Hall–Kier alpha value is -1.28. The van der Waals surface area contributed by atoms with Gasteiger partial charge < -0.3 is 10.0 Å². The molecule has 0 amide bonds. The van der Waals surface area contributed by atoms with E-state index in [9.17, 15) is 5.11 Å². The monoisotopic (exact) mass is 451 g/mol. The molecule has 3 atom stereocenters. The molecule has 1 fully saturated rings. The molecular formula is C18H18IN3OS. The van der Waals surface area contributed by atoms with Gasteiger partial charge in [0.15, 0.2) is 5.17 Å². The third kappa shape index (κ3) is 2.69. The van der Waals surface area contributed by atoms with Crippen LogP contribution < -0.4 is 0 Å². The molecule has 1 aromatic heterocycles. The number of hydrogen-bond acceptors (Lipinski definition) is 5.